The van der Waals surface area contributed by atoms with Crippen LogP contribution in [0, 0.1) is 5.92 Å². The molecule has 0 unspecified atom stereocenters. The Morgan fingerprint density at radius 3 is 2.76 bits per heavy atom. The minimum Gasteiger partial charge on any atom is -0.426 e. The van der Waals surface area contributed by atoms with Crippen molar-refractivity contribution < 1.29 is 18.7 Å². The molecule has 0 spiro atoms. The number of nitrogens with zero attached hydrogens (tertiary/aromatic N) is 1. The Morgan fingerprint density at radius 1 is 1.20 bits per heavy atom. The number of benzene rings is 1. The SMILES string of the molecule is CN(C)[C@@H]1[C@@H](NC(=O)c2ccc(Oc3ccccc3)o2)[C@H]2CCO[C@H]21. The molecular weight excluding hydrogens is 320 g/mol. The Bertz CT molecular complexity index is 743. The van der Waals surface area contributed by atoms with E-state index in [9.17, 15) is 4.79 Å². The Kier molecular flexibility index (Phi) is 4.23. The normalized spacial score (nSPS) is 27.6. The molecule has 1 aliphatic heterocycles. The third-order valence-electron chi connectivity index (χ3n) is 5.01. The van der Waals surface area contributed by atoms with Crippen molar-refractivity contribution in [1.82, 2.24) is 10.2 Å². The summed E-state index contributed by atoms with van der Waals surface area (Å²) in [6, 6.07) is 12.9. The van der Waals surface area contributed by atoms with Gasteiger partial charge in [0.15, 0.2) is 5.76 Å². The van der Waals surface area contributed by atoms with E-state index in [1.807, 2.05) is 44.4 Å². The Balaban J connectivity index is 1.41. The molecule has 1 amide bonds. The number of likely N-dealkylation sites (N-methyl/N-ethyl adjacent to an activating group) is 1. The van der Waals surface area contributed by atoms with Gasteiger partial charge in [0.05, 0.1) is 18.2 Å². The first kappa shape index (κ1) is 16.2. The molecule has 4 atom stereocenters. The summed E-state index contributed by atoms with van der Waals surface area (Å²) in [6.07, 6.45) is 1.20. The zero-order valence-corrected chi connectivity index (χ0v) is 14.3. The lowest BCUT2D eigenvalue weighted by molar-refractivity contribution is -0.0666. The van der Waals surface area contributed by atoms with Crippen molar-refractivity contribution in [2.24, 2.45) is 5.92 Å². The highest BCUT2D eigenvalue weighted by Gasteiger charge is 2.55. The van der Waals surface area contributed by atoms with Gasteiger partial charge in [0.1, 0.15) is 5.75 Å². The van der Waals surface area contributed by atoms with Gasteiger partial charge in [0.25, 0.3) is 11.9 Å². The Morgan fingerprint density at radius 2 is 2.00 bits per heavy atom. The fraction of sp³-hybridized carbons (Fsp3) is 0.421. The molecule has 0 radical (unpaired) electrons. The number of fused-ring (bicyclic) bond motifs is 1. The molecule has 1 aliphatic carbocycles. The zero-order valence-electron chi connectivity index (χ0n) is 14.3. The molecule has 2 heterocycles. The van der Waals surface area contributed by atoms with Gasteiger partial charge in [0, 0.05) is 18.6 Å². The number of carbonyl (C=O) groups excluding carboxylic acids is 1. The number of nitrogens with one attached hydrogen (secondary N) is 1. The third kappa shape index (κ3) is 3.03. The van der Waals surface area contributed by atoms with E-state index in [1.165, 1.54) is 0 Å². The molecule has 2 aromatic rings. The molecule has 4 rings (SSSR count). The zero-order chi connectivity index (χ0) is 17.4. The minimum atomic E-state index is -0.217. The average molecular weight is 342 g/mol. The van der Waals surface area contributed by atoms with Gasteiger partial charge in [-0.3, -0.25) is 4.79 Å². The summed E-state index contributed by atoms with van der Waals surface area (Å²) >= 11 is 0. The molecule has 1 saturated heterocycles. The molecular formula is C19H22N2O4. The molecule has 0 bridgehead atoms. The number of para-hydroxylation sites is 1. The largest absolute Gasteiger partial charge is 0.426 e. The first-order valence-electron chi connectivity index (χ1n) is 8.55. The van der Waals surface area contributed by atoms with E-state index >= 15 is 0 Å². The smallest absolute Gasteiger partial charge is 0.290 e. The van der Waals surface area contributed by atoms with Crippen LogP contribution >= 0.6 is 0 Å². The van der Waals surface area contributed by atoms with E-state index in [0.717, 1.165) is 13.0 Å². The van der Waals surface area contributed by atoms with Crippen molar-refractivity contribution >= 4 is 5.91 Å². The summed E-state index contributed by atoms with van der Waals surface area (Å²) in [4.78, 5) is 14.7. The van der Waals surface area contributed by atoms with Crippen molar-refractivity contribution in [1.29, 1.82) is 0 Å². The van der Waals surface area contributed by atoms with E-state index in [4.69, 9.17) is 13.9 Å². The first-order chi connectivity index (χ1) is 12.1. The highest BCUT2D eigenvalue weighted by Crippen LogP contribution is 2.41. The van der Waals surface area contributed by atoms with Crippen molar-refractivity contribution in [3.8, 4) is 11.7 Å². The molecule has 1 N–H and O–H groups in total. The minimum absolute atomic E-state index is 0.0820. The van der Waals surface area contributed by atoms with Gasteiger partial charge in [-0.25, -0.2) is 0 Å². The van der Waals surface area contributed by atoms with Gasteiger partial charge in [-0.05, 0) is 38.7 Å². The lowest BCUT2D eigenvalue weighted by atomic mass is 9.71. The van der Waals surface area contributed by atoms with E-state index in [-0.39, 0.29) is 29.9 Å². The number of hydrogen-bond donors (Lipinski definition) is 1. The Labute approximate surface area is 146 Å². The van der Waals surface area contributed by atoms with Crippen LogP contribution in [0.1, 0.15) is 17.0 Å². The number of amides is 1. The van der Waals surface area contributed by atoms with Gasteiger partial charge >= 0.3 is 0 Å². The van der Waals surface area contributed by atoms with Crippen LogP contribution in [0.4, 0.5) is 0 Å². The van der Waals surface area contributed by atoms with Crippen LogP contribution in [-0.4, -0.2) is 49.7 Å². The molecule has 1 saturated carbocycles. The van der Waals surface area contributed by atoms with E-state index < -0.39 is 0 Å². The maximum atomic E-state index is 12.6. The average Bonchev–Trinajstić information content (AvgIpc) is 3.21. The first-order valence-corrected chi connectivity index (χ1v) is 8.55. The monoisotopic (exact) mass is 342 g/mol. The highest BCUT2D eigenvalue weighted by molar-refractivity contribution is 5.92. The summed E-state index contributed by atoms with van der Waals surface area (Å²) in [5.74, 6) is 1.39. The summed E-state index contributed by atoms with van der Waals surface area (Å²) in [7, 11) is 4.03. The second-order valence-electron chi connectivity index (χ2n) is 6.78. The van der Waals surface area contributed by atoms with Crippen molar-refractivity contribution in [2.45, 2.75) is 24.6 Å². The van der Waals surface area contributed by atoms with Crippen molar-refractivity contribution in [2.75, 3.05) is 20.7 Å². The van der Waals surface area contributed by atoms with Crippen LogP contribution in [-0.2, 0) is 4.74 Å². The predicted molar refractivity (Wildman–Crippen MR) is 91.8 cm³/mol. The second-order valence-corrected chi connectivity index (χ2v) is 6.78. The number of furan rings is 1. The quantitative estimate of drug-likeness (QED) is 0.905. The molecule has 6 heteroatoms. The number of rotatable bonds is 5. The summed E-state index contributed by atoms with van der Waals surface area (Å²) in [5, 5.41) is 3.10. The summed E-state index contributed by atoms with van der Waals surface area (Å²) < 4.78 is 16.9. The van der Waals surface area contributed by atoms with E-state index in [0.29, 0.717) is 17.6 Å². The summed E-state index contributed by atoms with van der Waals surface area (Å²) in [5.41, 5.74) is 0. The van der Waals surface area contributed by atoms with Gasteiger partial charge in [-0.15, -0.1) is 0 Å². The summed E-state index contributed by atoms with van der Waals surface area (Å²) in [6.45, 7) is 0.766. The molecule has 2 fully saturated rings. The van der Waals surface area contributed by atoms with Crippen LogP contribution < -0.4 is 10.1 Å². The molecule has 2 aliphatic rings. The molecule has 1 aromatic carbocycles. The van der Waals surface area contributed by atoms with Crippen LogP contribution in [0.5, 0.6) is 11.7 Å². The van der Waals surface area contributed by atoms with Crippen LogP contribution in [0.2, 0.25) is 0 Å². The van der Waals surface area contributed by atoms with Crippen molar-refractivity contribution in [3.63, 3.8) is 0 Å². The molecule has 6 nitrogen and oxygen atoms in total. The lowest BCUT2D eigenvalue weighted by Gasteiger charge is -2.50. The van der Waals surface area contributed by atoms with Gasteiger partial charge < -0.3 is 24.1 Å². The third-order valence-corrected chi connectivity index (χ3v) is 5.01. The molecule has 132 valence electrons. The standard InChI is InChI=1S/C19H22N2O4/c1-21(2)17-16(13-10-11-23-18(13)17)20-19(22)14-8-9-15(25-14)24-12-6-4-3-5-7-12/h3-9,13,16-18H,10-11H2,1-2H3,(H,20,22)/t13-,16+,17-,18-/m1/s1. The maximum absolute atomic E-state index is 12.6. The van der Waals surface area contributed by atoms with E-state index in [1.54, 1.807) is 12.1 Å². The number of carbonyl (C=O) groups is 1. The number of ether oxygens (including phenoxy) is 2. The number of hydrogen-bond acceptors (Lipinski definition) is 5. The topological polar surface area (TPSA) is 63.9 Å². The van der Waals surface area contributed by atoms with Gasteiger partial charge in [-0.1, -0.05) is 18.2 Å². The second kappa shape index (κ2) is 6.54. The fourth-order valence-electron chi connectivity index (χ4n) is 3.81. The molecule has 1 aromatic heterocycles. The maximum Gasteiger partial charge on any atom is 0.290 e. The van der Waals surface area contributed by atoms with Gasteiger partial charge in [0.2, 0.25) is 0 Å². The van der Waals surface area contributed by atoms with Crippen LogP contribution in [0.25, 0.3) is 0 Å². The fourth-order valence-corrected chi connectivity index (χ4v) is 3.81. The van der Waals surface area contributed by atoms with E-state index in [2.05, 4.69) is 10.2 Å². The van der Waals surface area contributed by atoms with Crippen LogP contribution in [0.15, 0.2) is 46.9 Å². The highest BCUT2D eigenvalue weighted by atomic mass is 16.6. The van der Waals surface area contributed by atoms with Gasteiger partial charge in [-0.2, -0.15) is 0 Å². The predicted octanol–water partition coefficient (Wildman–Crippen LogP) is 2.52. The van der Waals surface area contributed by atoms with Crippen LogP contribution in [0.3, 0.4) is 0 Å². The van der Waals surface area contributed by atoms with Crippen molar-refractivity contribution in [3.05, 3.63) is 48.2 Å². The molecule has 25 heavy (non-hydrogen) atoms. The Hall–Kier alpha value is -2.31. The lowest BCUT2D eigenvalue weighted by Crippen LogP contribution is -2.69.